The minimum Gasteiger partial charge on any atom is -0.480 e. The number of nitrogens with one attached hydrogen (secondary N) is 1. The summed E-state index contributed by atoms with van der Waals surface area (Å²) in [5.74, 6) is -1.66. The van der Waals surface area contributed by atoms with E-state index in [4.69, 9.17) is 28.3 Å². The molecule has 0 aliphatic heterocycles. The van der Waals surface area contributed by atoms with Crippen molar-refractivity contribution >= 4 is 29.2 Å². The van der Waals surface area contributed by atoms with Crippen molar-refractivity contribution in [2.75, 3.05) is 0 Å². The Morgan fingerprint density at radius 3 is 2.37 bits per heavy atom. The SMILES string of the molecule is CC(NC(C(=O)O)C(C)C)c1c(Cl)ccc(F)c1Cl. The number of hydrogen-bond acceptors (Lipinski definition) is 2. The van der Waals surface area contributed by atoms with Gasteiger partial charge in [-0.2, -0.15) is 0 Å². The maximum absolute atomic E-state index is 13.4. The van der Waals surface area contributed by atoms with E-state index < -0.39 is 23.9 Å². The predicted octanol–water partition coefficient (Wildman–Crippen LogP) is 3.89. The largest absolute Gasteiger partial charge is 0.480 e. The van der Waals surface area contributed by atoms with Crippen LogP contribution in [0.4, 0.5) is 4.39 Å². The molecular weight excluding hydrogens is 292 g/mol. The summed E-state index contributed by atoms with van der Waals surface area (Å²) in [6.45, 7) is 5.27. The van der Waals surface area contributed by atoms with Gasteiger partial charge in [0.25, 0.3) is 0 Å². The molecule has 0 aromatic heterocycles. The van der Waals surface area contributed by atoms with Gasteiger partial charge in [-0.3, -0.25) is 10.1 Å². The molecule has 1 aromatic carbocycles. The van der Waals surface area contributed by atoms with Crippen molar-refractivity contribution in [3.63, 3.8) is 0 Å². The quantitative estimate of drug-likeness (QED) is 0.811. The van der Waals surface area contributed by atoms with Crippen LogP contribution in [0.3, 0.4) is 0 Å². The van der Waals surface area contributed by atoms with Crippen molar-refractivity contribution in [1.82, 2.24) is 5.32 Å². The van der Waals surface area contributed by atoms with E-state index in [1.54, 1.807) is 20.8 Å². The van der Waals surface area contributed by atoms with E-state index in [0.29, 0.717) is 10.6 Å². The fourth-order valence-electron chi connectivity index (χ4n) is 1.84. The Morgan fingerprint density at radius 1 is 1.32 bits per heavy atom. The zero-order valence-electron chi connectivity index (χ0n) is 10.9. The average molecular weight is 308 g/mol. The van der Waals surface area contributed by atoms with Gasteiger partial charge in [0.2, 0.25) is 0 Å². The Labute approximate surface area is 121 Å². The standard InChI is InChI=1S/C13H16Cl2FNO2/c1-6(2)12(13(18)19)17-7(3)10-8(14)4-5-9(16)11(10)15/h4-7,12,17H,1-3H3,(H,18,19). The van der Waals surface area contributed by atoms with E-state index in [2.05, 4.69) is 5.32 Å². The van der Waals surface area contributed by atoms with Crippen LogP contribution in [0.25, 0.3) is 0 Å². The summed E-state index contributed by atoms with van der Waals surface area (Å²) in [7, 11) is 0. The zero-order chi connectivity index (χ0) is 14.7. The molecule has 0 aliphatic rings. The van der Waals surface area contributed by atoms with Crippen LogP contribution in [-0.4, -0.2) is 17.1 Å². The topological polar surface area (TPSA) is 49.3 Å². The molecule has 3 nitrogen and oxygen atoms in total. The molecule has 0 radical (unpaired) electrons. The maximum Gasteiger partial charge on any atom is 0.320 e. The van der Waals surface area contributed by atoms with Crippen LogP contribution in [0.5, 0.6) is 0 Å². The molecule has 2 N–H and O–H groups in total. The molecule has 0 saturated heterocycles. The van der Waals surface area contributed by atoms with Gasteiger partial charge in [0.1, 0.15) is 11.9 Å². The highest BCUT2D eigenvalue weighted by atomic mass is 35.5. The second-order valence-electron chi connectivity index (χ2n) is 4.71. The number of hydrogen-bond donors (Lipinski definition) is 2. The van der Waals surface area contributed by atoms with Crippen LogP contribution in [0.2, 0.25) is 10.0 Å². The summed E-state index contributed by atoms with van der Waals surface area (Å²) < 4.78 is 13.4. The first kappa shape index (κ1) is 16.2. The van der Waals surface area contributed by atoms with Crippen LogP contribution >= 0.6 is 23.2 Å². The van der Waals surface area contributed by atoms with Crippen molar-refractivity contribution in [2.24, 2.45) is 5.92 Å². The fraction of sp³-hybridized carbons (Fsp3) is 0.462. The Hall–Kier alpha value is -0.840. The van der Waals surface area contributed by atoms with Crippen LogP contribution in [0.1, 0.15) is 32.4 Å². The molecule has 1 aromatic rings. The zero-order valence-corrected chi connectivity index (χ0v) is 12.4. The minimum absolute atomic E-state index is 0.0830. The Morgan fingerprint density at radius 2 is 1.89 bits per heavy atom. The molecule has 106 valence electrons. The second kappa shape index (κ2) is 6.55. The van der Waals surface area contributed by atoms with E-state index in [-0.39, 0.29) is 10.9 Å². The van der Waals surface area contributed by atoms with E-state index in [1.165, 1.54) is 12.1 Å². The molecular formula is C13H16Cl2FNO2. The van der Waals surface area contributed by atoms with E-state index >= 15 is 0 Å². The molecule has 0 aliphatic carbocycles. The first-order chi connectivity index (χ1) is 8.75. The molecule has 0 heterocycles. The number of halogens is 3. The van der Waals surface area contributed by atoms with Gasteiger partial charge in [0.15, 0.2) is 0 Å². The molecule has 0 spiro atoms. The van der Waals surface area contributed by atoms with Crippen molar-refractivity contribution in [3.05, 3.63) is 33.6 Å². The number of aliphatic carboxylic acids is 1. The highest BCUT2D eigenvalue weighted by Gasteiger charge is 2.26. The van der Waals surface area contributed by atoms with E-state index in [0.717, 1.165) is 0 Å². The number of carbonyl (C=O) groups is 1. The summed E-state index contributed by atoms with van der Waals surface area (Å²) in [6.07, 6.45) is 0. The summed E-state index contributed by atoms with van der Waals surface area (Å²) in [6, 6.07) is 1.35. The van der Waals surface area contributed by atoms with Crippen LogP contribution in [-0.2, 0) is 4.79 Å². The number of rotatable bonds is 5. The second-order valence-corrected chi connectivity index (χ2v) is 5.49. The van der Waals surface area contributed by atoms with Gasteiger partial charge in [-0.1, -0.05) is 37.0 Å². The molecule has 2 unspecified atom stereocenters. The Kier molecular flexibility index (Phi) is 5.59. The lowest BCUT2D eigenvalue weighted by Crippen LogP contribution is -2.42. The van der Waals surface area contributed by atoms with Crippen molar-refractivity contribution in [2.45, 2.75) is 32.9 Å². The summed E-state index contributed by atoms with van der Waals surface area (Å²) in [4.78, 5) is 11.1. The van der Waals surface area contributed by atoms with E-state index in [1.807, 2.05) is 0 Å². The summed E-state index contributed by atoms with van der Waals surface area (Å²) >= 11 is 11.9. The van der Waals surface area contributed by atoms with Crippen molar-refractivity contribution < 1.29 is 14.3 Å². The molecule has 0 fully saturated rings. The van der Waals surface area contributed by atoms with Crippen LogP contribution < -0.4 is 5.32 Å². The highest BCUT2D eigenvalue weighted by Crippen LogP contribution is 2.32. The third-order valence-corrected chi connectivity index (χ3v) is 3.59. The molecule has 0 saturated carbocycles. The molecule has 6 heteroatoms. The average Bonchev–Trinajstić information content (AvgIpc) is 2.30. The van der Waals surface area contributed by atoms with Gasteiger partial charge in [-0.05, 0) is 25.0 Å². The fourth-order valence-corrected chi connectivity index (χ4v) is 2.54. The smallest absolute Gasteiger partial charge is 0.320 e. The molecule has 1 rings (SSSR count). The highest BCUT2D eigenvalue weighted by molar-refractivity contribution is 6.36. The van der Waals surface area contributed by atoms with Gasteiger partial charge in [0, 0.05) is 16.6 Å². The van der Waals surface area contributed by atoms with E-state index in [9.17, 15) is 9.18 Å². The van der Waals surface area contributed by atoms with Gasteiger partial charge in [-0.15, -0.1) is 0 Å². The lowest BCUT2D eigenvalue weighted by Gasteiger charge is -2.24. The normalized spacial score (nSPS) is 14.5. The molecule has 19 heavy (non-hydrogen) atoms. The third-order valence-electron chi connectivity index (χ3n) is 2.87. The van der Waals surface area contributed by atoms with Crippen LogP contribution in [0.15, 0.2) is 12.1 Å². The van der Waals surface area contributed by atoms with Crippen molar-refractivity contribution in [3.8, 4) is 0 Å². The van der Waals surface area contributed by atoms with Gasteiger partial charge < -0.3 is 5.11 Å². The van der Waals surface area contributed by atoms with Gasteiger partial charge in [0.05, 0.1) is 5.02 Å². The lowest BCUT2D eigenvalue weighted by atomic mass is 10.0. The van der Waals surface area contributed by atoms with Crippen molar-refractivity contribution in [1.29, 1.82) is 0 Å². The third kappa shape index (κ3) is 3.81. The Bertz CT molecular complexity index is 480. The number of carboxylic acid groups (broad SMARTS) is 1. The van der Waals surface area contributed by atoms with Gasteiger partial charge >= 0.3 is 5.97 Å². The summed E-state index contributed by atoms with van der Waals surface area (Å²) in [5.41, 5.74) is 0.371. The predicted molar refractivity (Wildman–Crippen MR) is 74.2 cm³/mol. The van der Waals surface area contributed by atoms with Crippen LogP contribution in [0, 0.1) is 11.7 Å². The first-order valence-electron chi connectivity index (χ1n) is 5.88. The summed E-state index contributed by atoms with van der Waals surface area (Å²) in [5, 5.41) is 12.3. The molecule has 0 bridgehead atoms. The molecule has 0 amide bonds. The minimum atomic E-state index is -0.967. The monoisotopic (exact) mass is 307 g/mol. The lowest BCUT2D eigenvalue weighted by molar-refractivity contribution is -0.140. The number of carboxylic acids is 1. The number of benzene rings is 1. The molecule has 2 atom stereocenters. The maximum atomic E-state index is 13.4. The Balaban J connectivity index is 3.04. The first-order valence-corrected chi connectivity index (χ1v) is 6.63. The van der Waals surface area contributed by atoms with Gasteiger partial charge in [-0.25, -0.2) is 4.39 Å².